The molecule has 0 bridgehead atoms. The number of benzene rings is 2. The predicted molar refractivity (Wildman–Crippen MR) is 97.9 cm³/mol. The molecule has 0 saturated carbocycles. The maximum atomic E-state index is 12.4. The van der Waals surface area contributed by atoms with Gasteiger partial charge in [-0.3, -0.25) is 0 Å². The molecule has 7 nitrogen and oxygen atoms in total. The largest absolute Gasteiger partial charge is 0.508 e. The smallest absolute Gasteiger partial charge is 0.341 e. The van der Waals surface area contributed by atoms with Crippen molar-refractivity contribution >= 4 is 29.3 Å². The number of nitrogens with one attached hydrogen (secondary N) is 1. The Kier molecular flexibility index (Phi) is 6.30. The van der Waals surface area contributed by atoms with E-state index in [-0.39, 0.29) is 22.1 Å². The highest BCUT2D eigenvalue weighted by Crippen LogP contribution is 2.31. The fourth-order valence-electron chi connectivity index (χ4n) is 2.25. The van der Waals surface area contributed by atoms with Crippen molar-refractivity contribution in [3.63, 3.8) is 0 Å². The summed E-state index contributed by atoms with van der Waals surface area (Å²) >= 11 is 6.16. The molecule has 26 heavy (non-hydrogen) atoms. The second kappa shape index (κ2) is 8.44. The number of nitrogens with zero attached hydrogens (tertiary/aromatic N) is 1. The molecule has 138 valence electrons. The summed E-state index contributed by atoms with van der Waals surface area (Å²) in [5.41, 5.74) is 1.32. The lowest BCUT2D eigenvalue weighted by Gasteiger charge is -2.19. The number of carbonyl (C=O) groups excluding carboxylic acids is 2. The molecule has 0 aromatic heterocycles. The zero-order chi connectivity index (χ0) is 19.3. The average Bonchev–Trinajstić information content (AvgIpc) is 2.64. The van der Waals surface area contributed by atoms with E-state index in [1.807, 2.05) is 0 Å². The highest BCUT2D eigenvalue weighted by molar-refractivity contribution is 6.34. The molecule has 2 amide bonds. The summed E-state index contributed by atoms with van der Waals surface area (Å²) in [5.74, 6) is -0.200. The third kappa shape index (κ3) is 4.58. The first kappa shape index (κ1) is 19.4. The number of esters is 1. The number of methoxy groups -OCH3 is 2. The van der Waals surface area contributed by atoms with Gasteiger partial charge in [0.2, 0.25) is 0 Å². The molecule has 0 heterocycles. The summed E-state index contributed by atoms with van der Waals surface area (Å²) in [4.78, 5) is 25.6. The SMILES string of the molecule is COC(=O)c1cc(Cl)c(NC(=O)N(C)Cc2ccc(O)cc2)cc1OC. The van der Waals surface area contributed by atoms with Crippen LogP contribution in [0.4, 0.5) is 10.5 Å². The second-order valence-electron chi connectivity index (χ2n) is 5.48. The quantitative estimate of drug-likeness (QED) is 0.777. The lowest BCUT2D eigenvalue weighted by Crippen LogP contribution is -2.31. The Bertz CT molecular complexity index is 808. The number of rotatable bonds is 5. The van der Waals surface area contributed by atoms with E-state index < -0.39 is 12.0 Å². The number of aromatic hydroxyl groups is 1. The number of ether oxygens (including phenoxy) is 2. The van der Waals surface area contributed by atoms with E-state index in [0.29, 0.717) is 12.2 Å². The fraction of sp³-hybridized carbons (Fsp3) is 0.222. The van der Waals surface area contributed by atoms with Gasteiger partial charge in [-0.15, -0.1) is 0 Å². The maximum absolute atomic E-state index is 12.4. The van der Waals surface area contributed by atoms with Crippen LogP contribution < -0.4 is 10.1 Å². The van der Waals surface area contributed by atoms with Crippen molar-refractivity contribution < 1.29 is 24.2 Å². The molecule has 0 unspecified atom stereocenters. The predicted octanol–water partition coefficient (Wildman–Crippen LogP) is 3.50. The van der Waals surface area contributed by atoms with Crippen molar-refractivity contribution in [1.82, 2.24) is 4.90 Å². The van der Waals surface area contributed by atoms with Gasteiger partial charge in [-0.05, 0) is 23.8 Å². The molecule has 2 rings (SSSR count). The van der Waals surface area contributed by atoms with Gasteiger partial charge in [0, 0.05) is 19.7 Å². The minimum Gasteiger partial charge on any atom is -0.508 e. The molecule has 0 saturated heterocycles. The summed E-state index contributed by atoms with van der Waals surface area (Å²) in [6.07, 6.45) is 0. The molecule has 2 aromatic rings. The van der Waals surface area contributed by atoms with E-state index in [4.69, 9.17) is 16.3 Å². The normalized spacial score (nSPS) is 10.2. The van der Waals surface area contributed by atoms with Crippen molar-refractivity contribution in [2.45, 2.75) is 6.54 Å². The van der Waals surface area contributed by atoms with Crippen LogP contribution in [-0.4, -0.2) is 43.3 Å². The molecule has 0 aliphatic carbocycles. The molecular weight excluding hydrogens is 360 g/mol. The number of hydrogen-bond acceptors (Lipinski definition) is 5. The minimum atomic E-state index is -0.592. The molecule has 0 fully saturated rings. The van der Waals surface area contributed by atoms with E-state index in [9.17, 15) is 14.7 Å². The summed E-state index contributed by atoms with van der Waals surface area (Å²) in [5, 5.41) is 12.2. The Labute approximate surface area is 156 Å². The molecule has 0 atom stereocenters. The highest BCUT2D eigenvalue weighted by Gasteiger charge is 2.18. The topological polar surface area (TPSA) is 88.1 Å². The van der Waals surface area contributed by atoms with Crippen LogP contribution in [0.3, 0.4) is 0 Å². The molecule has 0 aliphatic heterocycles. The first-order valence-corrected chi connectivity index (χ1v) is 7.99. The number of carbonyl (C=O) groups is 2. The fourth-order valence-corrected chi connectivity index (χ4v) is 2.46. The van der Waals surface area contributed by atoms with Crippen LogP contribution >= 0.6 is 11.6 Å². The molecule has 0 spiro atoms. The van der Waals surface area contributed by atoms with Gasteiger partial charge in [-0.25, -0.2) is 9.59 Å². The maximum Gasteiger partial charge on any atom is 0.341 e. The summed E-state index contributed by atoms with van der Waals surface area (Å²) in [6, 6.07) is 8.99. The van der Waals surface area contributed by atoms with Crippen molar-refractivity contribution in [2.24, 2.45) is 0 Å². The van der Waals surface area contributed by atoms with Crippen molar-refractivity contribution in [1.29, 1.82) is 0 Å². The minimum absolute atomic E-state index is 0.158. The van der Waals surface area contributed by atoms with Gasteiger partial charge in [-0.1, -0.05) is 23.7 Å². The number of amides is 2. The van der Waals surface area contributed by atoms with Crippen LogP contribution in [0.25, 0.3) is 0 Å². The standard InChI is InChI=1S/C18H19ClN2O5/c1-21(10-11-4-6-12(22)7-5-11)18(24)20-15-9-16(25-2)13(8-14(15)19)17(23)26-3/h4-9,22H,10H2,1-3H3,(H,20,24). The first-order chi connectivity index (χ1) is 12.3. The van der Waals surface area contributed by atoms with Crippen LogP contribution in [0.5, 0.6) is 11.5 Å². The van der Waals surface area contributed by atoms with Crippen LogP contribution in [0.15, 0.2) is 36.4 Å². The van der Waals surface area contributed by atoms with Crippen molar-refractivity contribution in [3.8, 4) is 11.5 Å². The van der Waals surface area contributed by atoms with Gasteiger partial charge < -0.3 is 24.8 Å². The summed E-state index contributed by atoms with van der Waals surface area (Å²) < 4.78 is 9.84. The van der Waals surface area contributed by atoms with Gasteiger partial charge in [-0.2, -0.15) is 0 Å². The van der Waals surface area contributed by atoms with Crippen molar-refractivity contribution in [3.05, 3.63) is 52.5 Å². The van der Waals surface area contributed by atoms with Gasteiger partial charge in [0.25, 0.3) is 0 Å². The highest BCUT2D eigenvalue weighted by atomic mass is 35.5. The molecular formula is C18H19ClN2O5. The van der Waals surface area contributed by atoms with Crippen LogP contribution in [0, 0.1) is 0 Å². The van der Waals surface area contributed by atoms with Gasteiger partial charge >= 0.3 is 12.0 Å². The van der Waals surface area contributed by atoms with E-state index in [0.717, 1.165) is 5.56 Å². The number of urea groups is 1. The Morgan fingerprint density at radius 1 is 1.19 bits per heavy atom. The number of halogens is 1. The average molecular weight is 379 g/mol. The molecule has 2 N–H and O–H groups in total. The van der Waals surface area contributed by atoms with Crippen molar-refractivity contribution in [2.75, 3.05) is 26.6 Å². The van der Waals surface area contributed by atoms with Gasteiger partial charge in [0.1, 0.15) is 17.1 Å². The zero-order valence-electron chi connectivity index (χ0n) is 14.6. The lowest BCUT2D eigenvalue weighted by atomic mass is 10.1. The number of anilines is 1. The second-order valence-corrected chi connectivity index (χ2v) is 5.88. The Morgan fingerprint density at radius 2 is 1.85 bits per heavy atom. The molecule has 8 heteroatoms. The Hall–Kier alpha value is -2.93. The van der Waals surface area contributed by atoms with E-state index in [1.165, 1.54) is 31.3 Å². The molecule has 2 aromatic carbocycles. The Morgan fingerprint density at radius 3 is 2.42 bits per heavy atom. The number of phenolic OH excluding ortho intramolecular Hbond substituents is 1. The van der Waals surface area contributed by atoms with E-state index >= 15 is 0 Å². The number of hydrogen-bond donors (Lipinski definition) is 2. The van der Waals surface area contributed by atoms with Crippen LogP contribution in [0.2, 0.25) is 5.02 Å². The van der Waals surface area contributed by atoms with Gasteiger partial charge in [0.15, 0.2) is 0 Å². The van der Waals surface area contributed by atoms with Crippen LogP contribution in [-0.2, 0) is 11.3 Å². The van der Waals surface area contributed by atoms with E-state index in [2.05, 4.69) is 10.1 Å². The van der Waals surface area contributed by atoms with Crippen LogP contribution in [0.1, 0.15) is 15.9 Å². The number of phenols is 1. The Balaban J connectivity index is 2.14. The molecule has 0 aliphatic rings. The first-order valence-electron chi connectivity index (χ1n) is 7.61. The third-order valence-corrected chi connectivity index (χ3v) is 3.95. The monoisotopic (exact) mass is 378 g/mol. The molecule has 0 radical (unpaired) electrons. The zero-order valence-corrected chi connectivity index (χ0v) is 15.3. The van der Waals surface area contributed by atoms with Gasteiger partial charge in [0.05, 0.1) is 24.9 Å². The lowest BCUT2D eigenvalue weighted by molar-refractivity contribution is 0.0597. The third-order valence-electron chi connectivity index (χ3n) is 3.64. The summed E-state index contributed by atoms with van der Waals surface area (Å²) in [6.45, 7) is 0.334. The van der Waals surface area contributed by atoms with E-state index in [1.54, 1.807) is 31.3 Å². The summed E-state index contributed by atoms with van der Waals surface area (Å²) in [7, 11) is 4.28.